The molecule has 0 unspecified atom stereocenters. The molecule has 0 aliphatic heterocycles. The smallest absolute Gasteiger partial charge is 0.189 e. The Labute approximate surface area is 183 Å². The Morgan fingerprint density at radius 1 is 1.24 bits per heavy atom. The number of aromatic nitrogens is 2. The van der Waals surface area contributed by atoms with Gasteiger partial charge in [0.25, 0.3) is 0 Å². The van der Waals surface area contributed by atoms with E-state index in [2.05, 4.69) is 21.0 Å². The number of rotatable bonds is 7. The maximum absolute atomic E-state index is 12.4. The summed E-state index contributed by atoms with van der Waals surface area (Å²) in [7, 11) is 3.41. The van der Waals surface area contributed by atoms with Crippen molar-refractivity contribution < 1.29 is 14.3 Å². The van der Waals surface area contributed by atoms with Gasteiger partial charge in [-0.2, -0.15) is 5.10 Å². The molecule has 1 aromatic heterocycles. The van der Waals surface area contributed by atoms with Gasteiger partial charge in [-0.05, 0) is 64.8 Å². The fraction of sp³-hybridized carbons (Fsp3) is 0.182. The normalized spacial score (nSPS) is 11.1. The molecule has 3 aromatic rings. The van der Waals surface area contributed by atoms with E-state index in [9.17, 15) is 4.79 Å². The summed E-state index contributed by atoms with van der Waals surface area (Å²) in [6, 6.07) is 11.0. The van der Waals surface area contributed by atoms with Gasteiger partial charge >= 0.3 is 0 Å². The zero-order valence-electron chi connectivity index (χ0n) is 16.3. The summed E-state index contributed by atoms with van der Waals surface area (Å²) in [6.07, 6.45) is 5.04. The maximum atomic E-state index is 12.4. The van der Waals surface area contributed by atoms with Crippen molar-refractivity contribution >= 4 is 39.4 Å². The number of carbonyl (C=O) groups is 1. The zero-order chi connectivity index (χ0) is 21.0. The Bertz CT molecular complexity index is 1080. The van der Waals surface area contributed by atoms with Gasteiger partial charge in [0.1, 0.15) is 18.1 Å². The first-order chi connectivity index (χ1) is 13.9. The predicted octanol–water partition coefficient (Wildman–Crippen LogP) is 5.63. The van der Waals surface area contributed by atoms with Crippen molar-refractivity contribution in [1.29, 1.82) is 0 Å². The minimum Gasteiger partial charge on any atom is -0.496 e. The fourth-order valence-electron chi connectivity index (χ4n) is 2.87. The van der Waals surface area contributed by atoms with E-state index in [-0.39, 0.29) is 5.78 Å². The molecule has 0 spiro atoms. The average Bonchev–Trinajstić information content (AvgIpc) is 3.03. The molecular weight excluding hydrogens is 456 g/mol. The molecular formula is C22H20BrClN2O3. The molecule has 5 nitrogen and oxygen atoms in total. The second kappa shape index (κ2) is 9.29. The molecule has 0 saturated carbocycles. The lowest BCUT2D eigenvalue weighted by molar-refractivity contribution is 0.104. The van der Waals surface area contributed by atoms with Gasteiger partial charge < -0.3 is 9.47 Å². The molecule has 0 fully saturated rings. The highest BCUT2D eigenvalue weighted by Gasteiger charge is 2.10. The summed E-state index contributed by atoms with van der Waals surface area (Å²) < 4.78 is 13.7. The van der Waals surface area contributed by atoms with Gasteiger partial charge in [-0.3, -0.25) is 9.48 Å². The van der Waals surface area contributed by atoms with Gasteiger partial charge in [-0.15, -0.1) is 0 Å². The summed E-state index contributed by atoms with van der Waals surface area (Å²) in [6.45, 7) is 2.12. The monoisotopic (exact) mass is 474 g/mol. The zero-order valence-corrected chi connectivity index (χ0v) is 18.6. The number of halogens is 2. The molecule has 1 heterocycles. The topological polar surface area (TPSA) is 53.4 Å². The average molecular weight is 476 g/mol. The second-order valence-electron chi connectivity index (χ2n) is 6.43. The molecule has 0 aliphatic rings. The van der Waals surface area contributed by atoms with Crippen molar-refractivity contribution in [3.8, 4) is 11.5 Å². The van der Waals surface area contributed by atoms with E-state index in [0.717, 1.165) is 15.6 Å². The Balaban J connectivity index is 1.77. The van der Waals surface area contributed by atoms with Crippen molar-refractivity contribution in [2.75, 3.05) is 7.11 Å². The number of carbonyl (C=O) groups excluding carboxylic acids is 1. The van der Waals surface area contributed by atoms with Crippen LogP contribution < -0.4 is 9.47 Å². The van der Waals surface area contributed by atoms with Crippen LogP contribution in [0, 0.1) is 6.92 Å². The summed E-state index contributed by atoms with van der Waals surface area (Å²) in [4.78, 5) is 12.4. The highest BCUT2D eigenvalue weighted by atomic mass is 79.9. The van der Waals surface area contributed by atoms with E-state index in [0.29, 0.717) is 34.4 Å². The van der Waals surface area contributed by atoms with Crippen LogP contribution in [0.2, 0.25) is 5.02 Å². The number of allylic oxidation sites excluding steroid dienone is 1. The number of aryl methyl sites for hydroxylation is 2. The van der Waals surface area contributed by atoms with E-state index in [1.54, 1.807) is 55.4 Å². The van der Waals surface area contributed by atoms with Crippen LogP contribution in [0.4, 0.5) is 0 Å². The van der Waals surface area contributed by atoms with Crippen molar-refractivity contribution in [1.82, 2.24) is 9.78 Å². The van der Waals surface area contributed by atoms with Gasteiger partial charge in [-0.1, -0.05) is 23.7 Å². The third kappa shape index (κ3) is 5.28. The van der Waals surface area contributed by atoms with Gasteiger partial charge in [0, 0.05) is 23.8 Å². The van der Waals surface area contributed by atoms with Crippen LogP contribution in [0.15, 0.2) is 53.1 Å². The molecule has 0 amide bonds. The molecule has 0 radical (unpaired) electrons. The lowest BCUT2D eigenvalue weighted by Crippen LogP contribution is -2.00. The Morgan fingerprint density at radius 3 is 2.66 bits per heavy atom. The maximum Gasteiger partial charge on any atom is 0.189 e. The SMILES string of the molecule is COc1ccc(/C=C/C(=O)c2cn(C)nc2C)cc1COc1ccc(Cl)cc1Br. The Morgan fingerprint density at radius 2 is 2.00 bits per heavy atom. The van der Waals surface area contributed by atoms with Crippen molar-refractivity contribution in [3.05, 3.63) is 80.6 Å². The number of ether oxygens (including phenoxy) is 2. The molecule has 0 aliphatic carbocycles. The van der Waals surface area contributed by atoms with E-state index >= 15 is 0 Å². The number of methoxy groups -OCH3 is 1. The predicted molar refractivity (Wildman–Crippen MR) is 118 cm³/mol. The molecule has 0 bridgehead atoms. The summed E-state index contributed by atoms with van der Waals surface area (Å²) >= 11 is 9.42. The van der Waals surface area contributed by atoms with Crippen LogP contribution in [0.1, 0.15) is 27.2 Å². The summed E-state index contributed by atoms with van der Waals surface area (Å²) in [5.74, 6) is 1.30. The number of hydrogen-bond acceptors (Lipinski definition) is 4. The van der Waals surface area contributed by atoms with Crippen LogP contribution in [0.5, 0.6) is 11.5 Å². The van der Waals surface area contributed by atoms with Gasteiger partial charge in [0.2, 0.25) is 0 Å². The Hall–Kier alpha value is -2.57. The highest BCUT2D eigenvalue weighted by Crippen LogP contribution is 2.30. The minimum atomic E-state index is -0.0886. The standard InChI is InChI=1S/C22H20BrClN2O3/c1-14-18(12-26(2)25-14)20(27)7-4-15-5-8-21(28-3)16(10-15)13-29-22-9-6-17(24)11-19(22)23/h4-12H,13H2,1-3H3/b7-4+. The molecule has 7 heteroatoms. The molecule has 29 heavy (non-hydrogen) atoms. The van der Waals surface area contributed by atoms with Crippen molar-refractivity contribution in [2.24, 2.45) is 7.05 Å². The number of benzene rings is 2. The lowest BCUT2D eigenvalue weighted by atomic mass is 10.1. The van der Waals surface area contributed by atoms with E-state index < -0.39 is 0 Å². The van der Waals surface area contributed by atoms with Crippen LogP contribution in [-0.2, 0) is 13.7 Å². The van der Waals surface area contributed by atoms with E-state index in [1.807, 2.05) is 25.1 Å². The lowest BCUT2D eigenvalue weighted by Gasteiger charge is -2.12. The van der Waals surface area contributed by atoms with Gasteiger partial charge in [-0.25, -0.2) is 0 Å². The second-order valence-corrected chi connectivity index (χ2v) is 7.72. The molecule has 3 rings (SSSR count). The number of hydrogen-bond donors (Lipinski definition) is 0. The number of ketones is 1. The van der Waals surface area contributed by atoms with Crippen molar-refractivity contribution in [2.45, 2.75) is 13.5 Å². The minimum absolute atomic E-state index is 0.0886. The number of nitrogens with zero attached hydrogens (tertiary/aromatic N) is 2. The van der Waals surface area contributed by atoms with E-state index in [1.165, 1.54) is 0 Å². The quantitative estimate of drug-likeness (QED) is 0.328. The first kappa shape index (κ1) is 21.1. The van der Waals surface area contributed by atoms with Gasteiger partial charge in [0.05, 0.1) is 22.8 Å². The molecule has 0 saturated heterocycles. The van der Waals surface area contributed by atoms with E-state index in [4.69, 9.17) is 21.1 Å². The van der Waals surface area contributed by atoms with Crippen LogP contribution in [0.25, 0.3) is 6.08 Å². The first-order valence-electron chi connectivity index (χ1n) is 8.85. The van der Waals surface area contributed by atoms with Crippen molar-refractivity contribution in [3.63, 3.8) is 0 Å². The third-order valence-electron chi connectivity index (χ3n) is 4.29. The van der Waals surface area contributed by atoms with Crippen LogP contribution >= 0.6 is 27.5 Å². The van der Waals surface area contributed by atoms with Crippen LogP contribution in [0.3, 0.4) is 0 Å². The molecule has 0 atom stereocenters. The van der Waals surface area contributed by atoms with Crippen LogP contribution in [-0.4, -0.2) is 22.7 Å². The molecule has 150 valence electrons. The first-order valence-corrected chi connectivity index (χ1v) is 10.0. The summed E-state index contributed by atoms with van der Waals surface area (Å²) in [5, 5.41) is 4.83. The summed E-state index contributed by atoms with van der Waals surface area (Å²) in [5.41, 5.74) is 3.03. The molecule has 0 N–H and O–H groups in total. The molecule has 2 aromatic carbocycles. The fourth-order valence-corrected chi connectivity index (χ4v) is 3.66. The third-order valence-corrected chi connectivity index (χ3v) is 5.14. The Kier molecular flexibility index (Phi) is 6.77. The largest absolute Gasteiger partial charge is 0.496 e. The van der Waals surface area contributed by atoms with Gasteiger partial charge in [0.15, 0.2) is 5.78 Å². The highest BCUT2D eigenvalue weighted by molar-refractivity contribution is 9.10.